The van der Waals surface area contributed by atoms with Crippen LogP contribution in [0.1, 0.15) is 24.6 Å². The Morgan fingerprint density at radius 2 is 2.22 bits per heavy atom. The molecule has 18 heavy (non-hydrogen) atoms. The molecule has 2 N–H and O–H groups in total. The summed E-state index contributed by atoms with van der Waals surface area (Å²) in [7, 11) is 0. The second kappa shape index (κ2) is 4.33. The van der Waals surface area contributed by atoms with E-state index < -0.39 is 6.10 Å². The number of nitrogens with zero attached hydrogens (tertiary/aromatic N) is 3. The van der Waals surface area contributed by atoms with Crippen LogP contribution >= 0.6 is 0 Å². The van der Waals surface area contributed by atoms with E-state index in [0.29, 0.717) is 6.42 Å². The van der Waals surface area contributed by atoms with Gasteiger partial charge in [0.15, 0.2) is 0 Å². The molecule has 0 radical (unpaired) electrons. The number of aliphatic hydroxyl groups is 2. The summed E-state index contributed by atoms with van der Waals surface area (Å²) in [6, 6.07) is 2.23. The number of hydrogen-bond acceptors (Lipinski definition) is 4. The van der Waals surface area contributed by atoms with Gasteiger partial charge in [-0.15, -0.1) is 0 Å². The van der Waals surface area contributed by atoms with Gasteiger partial charge in [-0.1, -0.05) is 0 Å². The molecule has 5 nitrogen and oxygen atoms in total. The quantitative estimate of drug-likeness (QED) is 0.832. The molecule has 1 aliphatic carbocycles. The minimum absolute atomic E-state index is 0.0182. The van der Waals surface area contributed by atoms with E-state index in [1.807, 2.05) is 19.2 Å². The van der Waals surface area contributed by atoms with E-state index >= 15 is 0 Å². The van der Waals surface area contributed by atoms with E-state index in [-0.39, 0.29) is 18.6 Å². The third-order valence-corrected chi connectivity index (χ3v) is 3.97. The molecule has 2 heterocycles. The highest BCUT2D eigenvalue weighted by molar-refractivity contribution is 5.78. The molecular weight excluding hydrogens is 230 g/mol. The van der Waals surface area contributed by atoms with Crippen LogP contribution in [0, 0.1) is 12.8 Å². The van der Waals surface area contributed by atoms with Crippen molar-refractivity contribution in [3.05, 3.63) is 24.3 Å². The Balaban J connectivity index is 1.99. The smallest absolute Gasteiger partial charge is 0.143 e. The summed E-state index contributed by atoms with van der Waals surface area (Å²) in [5.41, 5.74) is 1.88. The first-order valence-electron chi connectivity index (χ1n) is 6.27. The zero-order chi connectivity index (χ0) is 12.7. The Kier molecular flexibility index (Phi) is 2.80. The van der Waals surface area contributed by atoms with Gasteiger partial charge in [-0.3, -0.25) is 0 Å². The van der Waals surface area contributed by atoms with Crippen LogP contribution in [0.15, 0.2) is 18.6 Å². The lowest BCUT2D eigenvalue weighted by atomic mass is 10.1. The summed E-state index contributed by atoms with van der Waals surface area (Å²) < 4.78 is 2.10. The van der Waals surface area contributed by atoms with Crippen molar-refractivity contribution in [1.29, 1.82) is 0 Å². The van der Waals surface area contributed by atoms with Gasteiger partial charge in [-0.2, -0.15) is 0 Å². The van der Waals surface area contributed by atoms with Crippen molar-refractivity contribution in [3.63, 3.8) is 0 Å². The fraction of sp³-hybridized carbons (Fsp3) is 0.538. The molecule has 0 aromatic carbocycles. The summed E-state index contributed by atoms with van der Waals surface area (Å²) in [6.07, 6.45) is 4.63. The number of aromatic nitrogens is 3. The molecule has 0 bridgehead atoms. The second-order valence-corrected chi connectivity index (χ2v) is 5.05. The molecule has 0 aliphatic heterocycles. The maximum Gasteiger partial charge on any atom is 0.143 e. The average Bonchev–Trinajstić information content (AvgIpc) is 2.93. The van der Waals surface area contributed by atoms with E-state index in [9.17, 15) is 10.2 Å². The van der Waals surface area contributed by atoms with Crippen LogP contribution in [0.3, 0.4) is 0 Å². The van der Waals surface area contributed by atoms with Crippen molar-refractivity contribution >= 4 is 11.0 Å². The molecule has 2 aromatic rings. The standard InChI is InChI=1S/C13H17N3O2/c1-8-11-2-3-16(13(11)15-7-14-8)10-4-9(6-17)12(18)5-10/h2-3,7,9-10,12,17-18H,4-6H2,1H3/t9-,10-,12+/m1/s1. The average molecular weight is 247 g/mol. The summed E-state index contributed by atoms with van der Waals surface area (Å²) in [5.74, 6) is -0.0182. The van der Waals surface area contributed by atoms with Gasteiger partial charge >= 0.3 is 0 Å². The van der Waals surface area contributed by atoms with Gasteiger partial charge in [0.05, 0.1) is 11.8 Å². The zero-order valence-corrected chi connectivity index (χ0v) is 10.3. The molecule has 0 unspecified atom stereocenters. The van der Waals surface area contributed by atoms with Crippen LogP contribution in [-0.4, -0.2) is 37.5 Å². The number of aliphatic hydroxyl groups excluding tert-OH is 2. The lowest BCUT2D eigenvalue weighted by Crippen LogP contribution is -2.16. The van der Waals surface area contributed by atoms with Crippen LogP contribution < -0.4 is 0 Å². The molecule has 0 spiro atoms. The molecule has 0 amide bonds. The first-order chi connectivity index (χ1) is 8.70. The molecule has 96 valence electrons. The molecule has 2 aromatic heterocycles. The third kappa shape index (κ3) is 1.71. The first-order valence-corrected chi connectivity index (χ1v) is 6.27. The maximum absolute atomic E-state index is 9.88. The minimum Gasteiger partial charge on any atom is -0.396 e. The Morgan fingerprint density at radius 1 is 1.39 bits per heavy atom. The van der Waals surface area contributed by atoms with E-state index in [1.54, 1.807) is 6.33 Å². The Labute approximate surface area is 105 Å². The normalized spacial score (nSPS) is 28.1. The molecule has 5 heteroatoms. The lowest BCUT2D eigenvalue weighted by Gasteiger charge is -2.13. The van der Waals surface area contributed by atoms with Gasteiger partial charge in [0.25, 0.3) is 0 Å². The first kappa shape index (κ1) is 11.6. The van der Waals surface area contributed by atoms with E-state index in [4.69, 9.17) is 0 Å². The van der Waals surface area contributed by atoms with Crippen molar-refractivity contribution < 1.29 is 10.2 Å². The molecule has 3 rings (SSSR count). The van der Waals surface area contributed by atoms with Crippen molar-refractivity contribution in [2.24, 2.45) is 5.92 Å². The van der Waals surface area contributed by atoms with Crippen LogP contribution in [-0.2, 0) is 0 Å². The fourth-order valence-corrected chi connectivity index (χ4v) is 2.89. The summed E-state index contributed by atoms with van der Waals surface area (Å²) in [5, 5.41) is 20.1. The second-order valence-electron chi connectivity index (χ2n) is 5.05. The van der Waals surface area contributed by atoms with Crippen LogP contribution in [0.2, 0.25) is 0 Å². The van der Waals surface area contributed by atoms with Gasteiger partial charge in [0, 0.05) is 30.1 Å². The zero-order valence-electron chi connectivity index (χ0n) is 10.3. The SMILES string of the molecule is Cc1ncnc2c1ccn2[C@@H]1C[C@H](CO)[C@@H](O)C1. The van der Waals surface area contributed by atoms with Crippen molar-refractivity contribution in [2.45, 2.75) is 31.9 Å². The lowest BCUT2D eigenvalue weighted by molar-refractivity contribution is 0.0906. The Morgan fingerprint density at radius 3 is 2.94 bits per heavy atom. The van der Waals surface area contributed by atoms with Crippen LogP contribution in [0.25, 0.3) is 11.0 Å². The number of rotatable bonds is 2. The highest BCUT2D eigenvalue weighted by Crippen LogP contribution is 2.36. The van der Waals surface area contributed by atoms with E-state index in [1.165, 1.54) is 0 Å². The molecule has 1 saturated carbocycles. The molecular formula is C13H17N3O2. The highest BCUT2D eigenvalue weighted by Gasteiger charge is 2.33. The number of fused-ring (bicyclic) bond motifs is 1. The maximum atomic E-state index is 9.88. The largest absolute Gasteiger partial charge is 0.396 e. The fourth-order valence-electron chi connectivity index (χ4n) is 2.89. The van der Waals surface area contributed by atoms with Gasteiger partial charge in [-0.25, -0.2) is 9.97 Å². The Bertz CT molecular complexity index is 566. The van der Waals surface area contributed by atoms with Crippen molar-refractivity contribution in [3.8, 4) is 0 Å². The summed E-state index contributed by atoms with van der Waals surface area (Å²) in [4.78, 5) is 8.51. The molecule has 0 saturated heterocycles. The van der Waals surface area contributed by atoms with Crippen LogP contribution in [0.4, 0.5) is 0 Å². The highest BCUT2D eigenvalue weighted by atomic mass is 16.3. The Hall–Kier alpha value is -1.46. The molecule has 1 fully saturated rings. The summed E-state index contributed by atoms with van der Waals surface area (Å²) >= 11 is 0. The predicted molar refractivity (Wildman–Crippen MR) is 67.1 cm³/mol. The van der Waals surface area contributed by atoms with E-state index in [2.05, 4.69) is 14.5 Å². The monoisotopic (exact) mass is 247 g/mol. The number of hydrogen-bond donors (Lipinski definition) is 2. The van der Waals surface area contributed by atoms with Crippen molar-refractivity contribution in [2.75, 3.05) is 6.61 Å². The summed E-state index contributed by atoms with van der Waals surface area (Å²) in [6.45, 7) is 2.01. The van der Waals surface area contributed by atoms with Crippen molar-refractivity contribution in [1.82, 2.24) is 14.5 Å². The molecule has 3 atom stereocenters. The minimum atomic E-state index is -0.416. The van der Waals surface area contributed by atoms with Gasteiger partial charge < -0.3 is 14.8 Å². The van der Waals surface area contributed by atoms with Gasteiger partial charge in [-0.05, 0) is 25.8 Å². The van der Waals surface area contributed by atoms with Gasteiger partial charge in [0.1, 0.15) is 12.0 Å². The predicted octanol–water partition coefficient (Wildman–Crippen LogP) is 1.04. The third-order valence-electron chi connectivity index (χ3n) is 3.97. The van der Waals surface area contributed by atoms with Gasteiger partial charge in [0.2, 0.25) is 0 Å². The molecule has 1 aliphatic rings. The van der Waals surface area contributed by atoms with Crippen LogP contribution in [0.5, 0.6) is 0 Å². The topological polar surface area (TPSA) is 71.2 Å². The van der Waals surface area contributed by atoms with E-state index in [0.717, 1.165) is 23.1 Å². The number of aryl methyl sites for hydroxylation is 1.